The van der Waals surface area contributed by atoms with Crippen molar-refractivity contribution in [2.75, 3.05) is 0 Å². The first kappa shape index (κ1) is 8.76. The molecule has 1 aromatic carbocycles. The molecule has 0 unspecified atom stereocenters. The summed E-state index contributed by atoms with van der Waals surface area (Å²) in [6.07, 6.45) is 0. The molecule has 14 heavy (non-hydrogen) atoms. The van der Waals surface area contributed by atoms with E-state index >= 15 is 0 Å². The minimum atomic E-state index is -0.667. The van der Waals surface area contributed by atoms with Crippen molar-refractivity contribution in [2.24, 2.45) is 0 Å². The molecule has 0 saturated carbocycles. The molecule has 0 atom stereocenters. The zero-order valence-corrected chi connectivity index (χ0v) is 7.61. The molecule has 5 nitrogen and oxygen atoms in total. The molecule has 0 aliphatic carbocycles. The maximum atomic E-state index is 10.5. The number of rotatable bonds is 1. The molecule has 0 fully saturated rings. The van der Waals surface area contributed by atoms with Crippen LogP contribution in [0.4, 0.5) is 5.00 Å². The van der Waals surface area contributed by atoms with Gasteiger partial charge in [-0.2, -0.15) is 0 Å². The molecule has 0 saturated heterocycles. The number of phenolic OH excluding ortho intramolecular Hbond substituents is 1. The van der Waals surface area contributed by atoms with E-state index in [2.05, 4.69) is 0 Å². The van der Waals surface area contributed by atoms with E-state index in [0.717, 1.165) is 11.3 Å². The van der Waals surface area contributed by atoms with Gasteiger partial charge >= 0.3 is 5.00 Å². The SMILES string of the molecule is O=[N+]([O-])c1sc2cccc(O)c2c1O. The molecule has 0 amide bonds. The number of benzene rings is 1. The lowest BCUT2D eigenvalue weighted by Crippen LogP contribution is -1.82. The first-order valence-electron chi connectivity index (χ1n) is 3.69. The largest absolute Gasteiger partial charge is 0.507 e. The van der Waals surface area contributed by atoms with E-state index in [-0.39, 0.29) is 16.1 Å². The van der Waals surface area contributed by atoms with Crippen molar-refractivity contribution >= 4 is 26.4 Å². The van der Waals surface area contributed by atoms with Crippen LogP contribution in [0.2, 0.25) is 0 Å². The van der Waals surface area contributed by atoms with Crippen LogP contribution in [0.1, 0.15) is 0 Å². The number of phenols is 1. The van der Waals surface area contributed by atoms with E-state index in [1.165, 1.54) is 6.07 Å². The van der Waals surface area contributed by atoms with Crippen molar-refractivity contribution in [3.05, 3.63) is 28.3 Å². The number of hydrogen-bond donors (Lipinski definition) is 2. The summed E-state index contributed by atoms with van der Waals surface area (Å²) in [7, 11) is 0. The van der Waals surface area contributed by atoms with Crippen LogP contribution >= 0.6 is 11.3 Å². The lowest BCUT2D eigenvalue weighted by Gasteiger charge is -1.92. The maximum Gasteiger partial charge on any atom is 0.366 e. The zero-order valence-electron chi connectivity index (χ0n) is 6.80. The van der Waals surface area contributed by atoms with Gasteiger partial charge in [-0.05, 0) is 12.1 Å². The van der Waals surface area contributed by atoms with E-state index in [9.17, 15) is 20.3 Å². The second kappa shape index (κ2) is 2.85. The third-order valence-electron chi connectivity index (χ3n) is 1.82. The standard InChI is InChI=1S/C8H5NO4S/c10-4-2-1-3-5-6(4)7(11)8(14-5)9(12)13/h1-3,10-11H. The topological polar surface area (TPSA) is 83.6 Å². The summed E-state index contributed by atoms with van der Waals surface area (Å²) in [5.74, 6) is -0.613. The molecule has 1 aromatic heterocycles. The van der Waals surface area contributed by atoms with Crippen LogP contribution in [0.15, 0.2) is 18.2 Å². The van der Waals surface area contributed by atoms with Crippen molar-refractivity contribution in [3.8, 4) is 11.5 Å². The first-order valence-corrected chi connectivity index (χ1v) is 4.50. The Balaban J connectivity index is 2.87. The summed E-state index contributed by atoms with van der Waals surface area (Å²) in [5.41, 5.74) is 0. The fourth-order valence-corrected chi connectivity index (χ4v) is 2.16. The fraction of sp³-hybridized carbons (Fsp3) is 0. The Morgan fingerprint density at radius 2 is 2.07 bits per heavy atom. The molecular formula is C8H5NO4S. The molecule has 0 radical (unpaired) electrons. The van der Waals surface area contributed by atoms with Crippen LogP contribution in [0.5, 0.6) is 11.5 Å². The Morgan fingerprint density at radius 1 is 1.36 bits per heavy atom. The Hall–Kier alpha value is -1.82. The molecule has 0 spiro atoms. The van der Waals surface area contributed by atoms with Gasteiger partial charge in [0.2, 0.25) is 5.75 Å². The number of nitrogens with zero attached hydrogens (tertiary/aromatic N) is 1. The van der Waals surface area contributed by atoms with Crippen molar-refractivity contribution < 1.29 is 15.1 Å². The van der Waals surface area contributed by atoms with Crippen LogP contribution in [0.3, 0.4) is 0 Å². The van der Waals surface area contributed by atoms with Crippen molar-refractivity contribution in [1.82, 2.24) is 0 Å². The molecule has 0 bridgehead atoms. The van der Waals surface area contributed by atoms with Gasteiger partial charge in [0, 0.05) is 4.70 Å². The zero-order chi connectivity index (χ0) is 10.3. The molecule has 2 aromatic rings. The third kappa shape index (κ3) is 1.08. The van der Waals surface area contributed by atoms with Gasteiger partial charge in [0.15, 0.2) is 0 Å². The minimum absolute atomic E-state index is 0.143. The Bertz CT molecular complexity index is 519. The number of fused-ring (bicyclic) bond motifs is 1. The second-order valence-electron chi connectivity index (χ2n) is 2.66. The molecule has 2 N–H and O–H groups in total. The van der Waals surface area contributed by atoms with Gasteiger partial charge in [0.25, 0.3) is 0 Å². The lowest BCUT2D eigenvalue weighted by molar-refractivity contribution is -0.381. The van der Waals surface area contributed by atoms with Crippen LogP contribution in [-0.4, -0.2) is 15.1 Å². The van der Waals surface area contributed by atoms with Gasteiger partial charge in [-0.3, -0.25) is 10.1 Å². The average Bonchev–Trinajstić information content (AvgIpc) is 2.45. The van der Waals surface area contributed by atoms with E-state index in [0.29, 0.717) is 4.70 Å². The second-order valence-corrected chi connectivity index (χ2v) is 3.69. The molecule has 72 valence electrons. The van der Waals surface area contributed by atoms with Crippen LogP contribution in [-0.2, 0) is 0 Å². The smallest absolute Gasteiger partial charge is 0.366 e. The Morgan fingerprint density at radius 3 is 2.64 bits per heavy atom. The molecule has 6 heteroatoms. The van der Waals surface area contributed by atoms with Gasteiger partial charge in [-0.1, -0.05) is 17.4 Å². The lowest BCUT2D eigenvalue weighted by atomic mass is 10.2. The maximum absolute atomic E-state index is 10.5. The molecule has 0 aliphatic heterocycles. The quantitative estimate of drug-likeness (QED) is 0.559. The molecule has 1 heterocycles. The van der Waals surface area contributed by atoms with Crippen LogP contribution in [0.25, 0.3) is 10.1 Å². The van der Waals surface area contributed by atoms with E-state index in [1.807, 2.05) is 0 Å². The fourth-order valence-electron chi connectivity index (χ4n) is 1.23. The van der Waals surface area contributed by atoms with Crippen molar-refractivity contribution in [1.29, 1.82) is 0 Å². The summed E-state index contributed by atoms with van der Waals surface area (Å²) in [5, 5.41) is 29.1. The van der Waals surface area contributed by atoms with Gasteiger partial charge in [0.05, 0.1) is 10.3 Å². The monoisotopic (exact) mass is 211 g/mol. The summed E-state index contributed by atoms with van der Waals surface area (Å²) in [6, 6.07) is 4.54. The van der Waals surface area contributed by atoms with E-state index in [4.69, 9.17) is 0 Å². The summed E-state index contributed by atoms with van der Waals surface area (Å²) in [4.78, 5) is 9.81. The third-order valence-corrected chi connectivity index (χ3v) is 2.91. The number of nitro groups is 1. The number of hydrogen-bond acceptors (Lipinski definition) is 5. The van der Waals surface area contributed by atoms with E-state index < -0.39 is 10.7 Å². The van der Waals surface area contributed by atoms with E-state index in [1.54, 1.807) is 12.1 Å². The predicted octanol–water partition coefficient (Wildman–Crippen LogP) is 2.22. The van der Waals surface area contributed by atoms with Crippen molar-refractivity contribution in [3.63, 3.8) is 0 Å². The highest BCUT2D eigenvalue weighted by molar-refractivity contribution is 7.22. The first-order chi connectivity index (χ1) is 6.61. The molecule has 2 rings (SSSR count). The van der Waals surface area contributed by atoms with Crippen LogP contribution in [0, 0.1) is 10.1 Å². The van der Waals surface area contributed by atoms with Crippen LogP contribution < -0.4 is 0 Å². The number of thiophene rings is 1. The van der Waals surface area contributed by atoms with Crippen molar-refractivity contribution in [2.45, 2.75) is 0 Å². The minimum Gasteiger partial charge on any atom is -0.507 e. The van der Waals surface area contributed by atoms with Gasteiger partial charge in [-0.25, -0.2) is 0 Å². The average molecular weight is 211 g/mol. The Kier molecular flexibility index (Phi) is 1.78. The highest BCUT2D eigenvalue weighted by Gasteiger charge is 2.22. The Labute approximate surface area is 82.0 Å². The predicted molar refractivity (Wildman–Crippen MR) is 51.8 cm³/mol. The molecule has 0 aliphatic rings. The summed E-state index contributed by atoms with van der Waals surface area (Å²) < 4.78 is 0.495. The highest BCUT2D eigenvalue weighted by atomic mass is 32.1. The van der Waals surface area contributed by atoms with Gasteiger partial charge < -0.3 is 10.2 Å². The van der Waals surface area contributed by atoms with Gasteiger partial charge in [-0.15, -0.1) is 0 Å². The normalized spacial score (nSPS) is 10.6. The highest BCUT2D eigenvalue weighted by Crippen LogP contribution is 2.46. The summed E-state index contributed by atoms with van der Waals surface area (Å²) >= 11 is 0.837. The van der Waals surface area contributed by atoms with Gasteiger partial charge in [0.1, 0.15) is 5.75 Å². The summed E-state index contributed by atoms with van der Waals surface area (Å²) in [6.45, 7) is 0. The number of aromatic hydroxyl groups is 2. The molecular weight excluding hydrogens is 206 g/mol.